The van der Waals surface area contributed by atoms with Crippen LogP contribution in [0.2, 0.25) is 0 Å². The highest BCUT2D eigenvalue weighted by Gasteiger charge is 2.35. The lowest BCUT2D eigenvalue weighted by atomic mass is 9.99. The number of carbonyl (C=O) groups excluding carboxylic acids is 2. The van der Waals surface area contributed by atoms with E-state index in [-0.39, 0.29) is 29.7 Å². The summed E-state index contributed by atoms with van der Waals surface area (Å²) in [6, 6.07) is 12.8. The summed E-state index contributed by atoms with van der Waals surface area (Å²) in [4.78, 5) is 47.1. The predicted octanol–water partition coefficient (Wildman–Crippen LogP) is 4.06. The third-order valence-corrected chi connectivity index (χ3v) is 6.22. The Labute approximate surface area is 175 Å². The third-order valence-electron chi connectivity index (χ3n) is 5.35. The number of aryl methyl sites for hydroxylation is 2. The predicted molar refractivity (Wildman–Crippen MR) is 116 cm³/mol. The fourth-order valence-corrected chi connectivity index (χ4v) is 4.87. The van der Waals surface area contributed by atoms with Gasteiger partial charge in [-0.2, -0.15) is 0 Å². The number of hydrogen-bond donors (Lipinski definition) is 1. The molecule has 2 aromatic carbocycles. The molecule has 1 aliphatic heterocycles. The van der Waals surface area contributed by atoms with Crippen molar-refractivity contribution in [2.24, 2.45) is 0 Å². The van der Waals surface area contributed by atoms with E-state index in [1.807, 2.05) is 31.4 Å². The van der Waals surface area contributed by atoms with Crippen molar-refractivity contribution in [3.05, 3.63) is 86.3 Å². The van der Waals surface area contributed by atoms with Crippen LogP contribution in [0, 0.1) is 13.8 Å². The van der Waals surface area contributed by atoms with Crippen molar-refractivity contribution >= 4 is 33.4 Å². The van der Waals surface area contributed by atoms with Gasteiger partial charge in [0.2, 0.25) is 0 Å². The van der Waals surface area contributed by atoms with E-state index in [0.29, 0.717) is 21.3 Å². The standard InChI is InChI=1S/C23H17N3O3S/c1-12-7-8-14(13(2)9-12)17-11-30-21-19(17)20(27)24-18(25-21)10-26-22(28)15-5-3-4-6-16(15)23(26)29/h3-9,11H,10H2,1-2H3,(H,24,25,27). The number of carbonyl (C=O) groups is 2. The minimum atomic E-state index is -0.375. The molecule has 0 atom stereocenters. The van der Waals surface area contributed by atoms with Gasteiger partial charge in [-0.25, -0.2) is 4.98 Å². The average molecular weight is 415 g/mol. The van der Waals surface area contributed by atoms with Gasteiger partial charge in [0.05, 0.1) is 23.1 Å². The highest BCUT2D eigenvalue weighted by atomic mass is 32.1. The molecule has 3 heterocycles. The second-order valence-corrected chi connectivity index (χ2v) is 8.26. The summed E-state index contributed by atoms with van der Waals surface area (Å²) >= 11 is 1.38. The molecule has 1 aliphatic rings. The quantitative estimate of drug-likeness (QED) is 0.512. The van der Waals surface area contributed by atoms with E-state index in [9.17, 15) is 14.4 Å². The van der Waals surface area contributed by atoms with Crippen LogP contribution in [-0.2, 0) is 6.54 Å². The van der Waals surface area contributed by atoms with Crippen LogP contribution < -0.4 is 5.56 Å². The molecule has 148 valence electrons. The van der Waals surface area contributed by atoms with E-state index < -0.39 is 0 Å². The van der Waals surface area contributed by atoms with Gasteiger partial charge in [0.25, 0.3) is 17.4 Å². The van der Waals surface area contributed by atoms with Gasteiger partial charge in [0, 0.05) is 10.9 Å². The molecule has 0 unspecified atom stereocenters. The lowest BCUT2D eigenvalue weighted by Crippen LogP contribution is -2.30. The van der Waals surface area contributed by atoms with Gasteiger partial charge in [-0.3, -0.25) is 19.3 Å². The molecule has 2 amide bonds. The molecule has 30 heavy (non-hydrogen) atoms. The number of benzene rings is 2. The fraction of sp³-hybridized carbons (Fsp3) is 0.130. The first-order chi connectivity index (χ1) is 14.4. The maximum atomic E-state index is 12.9. The third kappa shape index (κ3) is 2.78. The zero-order chi connectivity index (χ0) is 21.0. The summed E-state index contributed by atoms with van der Waals surface area (Å²) in [7, 11) is 0. The highest BCUT2D eigenvalue weighted by Crippen LogP contribution is 2.33. The first-order valence-electron chi connectivity index (χ1n) is 9.47. The van der Waals surface area contributed by atoms with Gasteiger partial charge >= 0.3 is 0 Å². The van der Waals surface area contributed by atoms with Crippen LogP contribution in [0.4, 0.5) is 0 Å². The van der Waals surface area contributed by atoms with Crippen molar-refractivity contribution < 1.29 is 9.59 Å². The van der Waals surface area contributed by atoms with Crippen molar-refractivity contribution in [3.63, 3.8) is 0 Å². The largest absolute Gasteiger partial charge is 0.308 e. The molecular formula is C23H17N3O3S. The molecule has 0 radical (unpaired) electrons. The normalized spacial score (nSPS) is 13.3. The average Bonchev–Trinajstić information content (AvgIpc) is 3.24. The van der Waals surface area contributed by atoms with E-state index in [4.69, 9.17) is 0 Å². The van der Waals surface area contributed by atoms with E-state index in [1.165, 1.54) is 11.3 Å². The van der Waals surface area contributed by atoms with Crippen LogP contribution in [-0.4, -0.2) is 26.7 Å². The Morgan fingerprint density at radius 1 is 0.933 bits per heavy atom. The van der Waals surface area contributed by atoms with Crippen LogP contribution >= 0.6 is 11.3 Å². The molecule has 6 nitrogen and oxygen atoms in total. The minimum absolute atomic E-state index is 0.0751. The van der Waals surface area contributed by atoms with Gasteiger partial charge in [0.1, 0.15) is 10.7 Å². The Morgan fingerprint density at radius 3 is 2.30 bits per heavy atom. The summed E-state index contributed by atoms with van der Waals surface area (Å²) in [5.74, 6) is -0.461. The Balaban J connectivity index is 1.53. The molecule has 0 spiro atoms. The molecule has 0 aliphatic carbocycles. The number of imide groups is 1. The molecule has 0 bridgehead atoms. The van der Waals surface area contributed by atoms with Crippen molar-refractivity contribution in [1.82, 2.24) is 14.9 Å². The van der Waals surface area contributed by atoms with E-state index in [2.05, 4.69) is 16.0 Å². The van der Waals surface area contributed by atoms with Gasteiger partial charge in [-0.1, -0.05) is 35.9 Å². The lowest BCUT2D eigenvalue weighted by Gasteiger charge is -2.13. The van der Waals surface area contributed by atoms with Gasteiger partial charge < -0.3 is 4.98 Å². The van der Waals surface area contributed by atoms with Crippen molar-refractivity contribution in [2.45, 2.75) is 20.4 Å². The number of aromatic amines is 1. The zero-order valence-electron chi connectivity index (χ0n) is 16.4. The maximum absolute atomic E-state index is 12.9. The zero-order valence-corrected chi connectivity index (χ0v) is 17.2. The van der Waals surface area contributed by atoms with Gasteiger partial charge in [-0.15, -0.1) is 11.3 Å². The van der Waals surface area contributed by atoms with Gasteiger partial charge in [0.15, 0.2) is 0 Å². The molecule has 0 saturated heterocycles. The number of rotatable bonds is 3. The summed E-state index contributed by atoms with van der Waals surface area (Å²) in [6.45, 7) is 3.97. The second-order valence-electron chi connectivity index (χ2n) is 7.40. The molecular weight excluding hydrogens is 398 g/mol. The Morgan fingerprint density at radius 2 is 1.63 bits per heavy atom. The van der Waals surface area contributed by atoms with Crippen LogP contribution in [0.3, 0.4) is 0 Å². The Bertz CT molecular complexity index is 1380. The number of amides is 2. The molecule has 1 N–H and O–H groups in total. The maximum Gasteiger partial charge on any atom is 0.261 e. The SMILES string of the molecule is Cc1ccc(-c2csc3nc(CN4C(=O)c5ccccc5C4=O)[nH]c(=O)c23)c(C)c1. The van der Waals surface area contributed by atoms with Crippen molar-refractivity contribution in [1.29, 1.82) is 0 Å². The first-order valence-corrected chi connectivity index (χ1v) is 10.4. The number of nitrogens with zero attached hydrogens (tertiary/aromatic N) is 2. The van der Waals surface area contributed by atoms with E-state index >= 15 is 0 Å². The summed E-state index contributed by atoms with van der Waals surface area (Å²) in [5.41, 5.74) is 4.55. The lowest BCUT2D eigenvalue weighted by molar-refractivity contribution is 0.0638. The monoisotopic (exact) mass is 415 g/mol. The number of nitrogens with one attached hydrogen (secondary N) is 1. The van der Waals surface area contributed by atoms with Gasteiger partial charge in [-0.05, 0) is 37.1 Å². The molecule has 5 rings (SSSR count). The fourth-order valence-electron chi connectivity index (χ4n) is 3.91. The van der Waals surface area contributed by atoms with Crippen LogP contribution in [0.25, 0.3) is 21.3 Å². The van der Waals surface area contributed by atoms with Crippen LogP contribution in [0.15, 0.2) is 52.6 Å². The number of hydrogen-bond acceptors (Lipinski definition) is 5. The summed E-state index contributed by atoms with van der Waals surface area (Å²) in [5, 5.41) is 2.45. The topological polar surface area (TPSA) is 83.1 Å². The summed E-state index contributed by atoms with van der Waals surface area (Å²) in [6.07, 6.45) is 0. The minimum Gasteiger partial charge on any atom is -0.308 e. The number of thiophene rings is 1. The van der Waals surface area contributed by atoms with Crippen LogP contribution in [0.5, 0.6) is 0 Å². The van der Waals surface area contributed by atoms with E-state index in [1.54, 1.807) is 24.3 Å². The molecule has 0 fully saturated rings. The highest BCUT2D eigenvalue weighted by molar-refractivity contribution is 7.17. The number of H-pyrrole nitrogens is 1. The molecule has 7 heteroatoms. The molecule has 2 aromatic heterocycles. The molecule has 0 saturated carbocycles. The van der Waals surface area contributed by atoms with Crippen LogP contribution in [0.1, 0.15) is 37.7 Å². The first kappa shape index (κ1) is 18.4. The second kappa shape index (κ2) is 6.74. The Kier molecular flexibility index (Phi) is 4.15. The van der Waals surface area contributed by atoms with Crippen molar-refractivity contribution in [2.75, 3.05) is 0 Å². The number of fused-ring (bicyclic) bond motifs is 2. The summed E-state index contributed by atoms with van der Waals surface area (Å²) < 4.78 is 0. The molecule has 4 aromatic rings. The van der Waals surface area contributed by atoms with Crippen molar-refractivity contribution in [3.8, 4) is 11.1 Å². The number of aromatic nitrogens is 2. The Hall–Kier alpha value is -3.58. The van der Waals surface area contributed by atoms with E-state index in [0.717, 1.165) is 27.2 Å². The smallest absolute Gasteiger partial charge is 0.261 e.